The van der Waals surface area contributed by atoms with Crippen LogP contribution in [-0.2, 0) is 4.79 Å². The lowest BCUT2D eigenvalue weighted by Crippen LogP contribution is -2.32. The molecule has 4 aromatic rings. The van der Waals surface area contributed by atoms with E-state index in [-0.39, 0.29) is 46.0 Å². The van der Waals surface area contributed by atoms with E-state index in [2.05, 4.69) is 25.7 Å². The highest BCUT2D eigenvalue weighted by Crippen LogP contribution is 2.40. The number of carbonyl (C=O) groups is 1. The number of nitrogens with zero attached hydrogens (tertiary/aromatic N) is 8. The van der Waals surface area contributed by atoms with Crippen LogP contribution in [0, 0.1) is 17.7 Å². The predicted molar refractivity (Wildman–Crippen MR) is 169 cm³/mol. The number of allylic oxidation sites excluding steroid dienone is 1. The maximum Gasteiger partial charge on any atom is 0.333 e. The van der Waals surface area contributed by atoms with Crippen molar-refractivity contribution in [2.75, 3.05) is 11.9 Å². The van der Waals surface area contributed by atoms with Crippen molar-refractivity contribution >= 4 is 34.5 Å². The smallest absolute Gasteiger partial charge is 0.323 e. The summed E-state index contributed by atoms with van der Waals surface area (Å²) in [6.07, 6.45) is 9.50. The zero-order valence-electron chi connectivity index (χ0n) is 25.6. The Hall–Kier alpha value is -4.59. The number of alkyl halides is 2. The maximum atomic E-state index is 15.6. The van der Waals surface area contributed by atoms with E-state index >= 15 is 4.39 Å². The van der Waals surface area contributed by atoms with Crippen molar-refractivity contribution in [1.82, 2.24) is 34.3 Å². The molecule has 15 heteroatoms. The Morgan fingerprint density at radius 1 is 1.09 bits per heavy atom. The molecular weight excluding hydrogens is 635 g/mol. The first kappa shape index (κ1) is 31.0. The van der Waals surface area contributed by atoms with Gasteiger partial charge in [-0.3, -0.25) is 19.1 Å². The van der Waals surface area contributed by atoms with Crippen molar-refractivity contribution in [1.29, 1.82) is 0 Å². The normalized spacial score (nSPS) is 21.8. The molecule has 2 aliphatic heterocycles. The summed E-state index contributed by atoms with van der Waals surface area (Å²) in [5.74, 6) is -1.44. The summed E-state index contributed by atoms with van der Waals surface area (Å²) >= 11 is 6.18. The molecule has 7 rings (SSSR count). The van der Waals surface area contributed by atoms with Crippen LogP contribution in [0.2, 0.25) is 5.02 Å². The molecule has 1 unspecified atom stereocenters. The van der Waals surface area contributed by atoms with E-state index < -0.39 is 29.9 Å². The Balaban J connectivity index is 1.31. The Labute approximate surface area is 272 Å². The molecule has 1 amide bonds. The number of fused-ring (bicyclic) bond motifs is 3. The summed E-state index contributed by atoms with van der Waals surface area (Å²) in [4.78, 5) is 36.2. The van der Waals surface area contributed by atoms with E-state index in [1.54, 1.807) is 25.3 Å². The van der Waals surface area contributed by atoms with Crippen LogP contribution in [0.4, 0.5) is 18.9 Å². The number of aliphatic imine (C=N–C) groups is 1. The molecule has 244 valence electrons. The van der Waals surface area contributed by atoms with Crippen molar-refractivity contribution in [2.24, 2.45) is 16.8 Å². The highest BCUT2D eigenvalue weighted by Gasteiger charge is 2.32. The number of rotatable bonds is 5. The van der Waals surface area contributed by atoms with Crippen LogP contribution >= 0.6 is 11.6 Å². The molecule has 2 bridgehead atoms. The number of dihydropyridines is 1. The molecule has 1 saturated carbocycles. The lowest BCUT2D eigenvalue weighted by Gasteiger charge is -2.28. The first-order valence-corrected chi connectivity index (χ1v) is 15.9. The molecule has 3 aliphatic rings. The predicted octanol–water partition coefficient (Wildman–Crippen LogP) is 6.23. The van der Waals surface area contributed by atoms with Crippen LogP contribution in [0.5, 0.6) is 0 Å². The molecule has 3 aromatic heterocycles. The molecule has 0 spiro atoms. The molecule has 1 aliphatic carbocycles. The quantitative estimate of drug-likeness (QED) is 0.270. The molecule has 1 fully saturated rings. The third-order valence-corrected chi connectivity index (χ3v) is 9.34. The average molecular weight is 666 g/mol. The van der Waals surface area contributed by atoms with Crippen molar-refractivity contribution in [3.8, 4) is 16.9 Å². The van der Waals surface area contributed by atoms with E-state index in [0.29, 0.717) is 46.8 Å². The van der Waals surface area contributed by atoms with E-state index in [1.807, 2.05) is 6.92 Å². The zero-order chi connectivity index (χ0) is 33.0. The summed E-state index contributed by atoms with van der Waals surface area (Å²) in [5.41, 5.74) is 2.04. The van der Waals surface area contributed by atoms with Gasteiger partial charge in [-0.25, -0.2) is 18.7 Å². The third-order valence-electron chi connectivity index (χ3n) is 9.05. The van der Waals surface area contributed by atoms with E-state index in [0.717, 1.165) is 18.5 Å². The van der Waals surface area contributed by atoms with Crippen molar-refractivity contribution in [3.63, 3.8) is 0 Å². The largest absolute Gasteiger partial charge is 0.333 e. The molecule has 3 atom stereocenters. The van der Waals surface area contributed by atoms with Gasteiger partial charge >= 0.3 is 6.55 Å². The number of anilines is 1. The van der Waals surface area contributed by atoms with Gasteiger partial charge in [0.25, 0.3) is 5.56 Å². The van der Waals surface area contributed by atoms with Gasteiger partial charge in [0, 0.05) is 30.4 Å². The molecule has 5 heterocycles. The number of hydrogen-bond donors (Lipinski definition) is 1. The minimum Gasteiger partial charge on any atom is -0.323 e. The second kappa shape index (κ2) is 12.2. The molecule has 47 heavy (non-hydrogen) atoms. The Kier molecular flexibility index (Phi) is 8.06. The van der Waals surface area contributed by atoms with Crippen LogP contribution in [0.1, 0.15) is 75.8 Å². The number of halogens is 4. The molecule has 0 saturated heterocycles. The average Bonchev–Trinajstić information content (AvgIpc) is 3.63. The van der Waals surface area contributed by atoms with Gasteiger partial charge in [-0.05, 0) is 49.5 Å². The minimum atomic E-state index is -2.94. The highest BCUT2D eigenvalue weighted by atomic mass is 35.5. The number of amides is 1. The van der Waals surface area contributed by atoms with Gasteiger partial charge < -0.3 is 5.32 Å². The number of benzene rings is 1. The van der Waals surface area contributed by atoms with Crippen LogP contribution in [-0.4, -0.2) is 52.5 Å². The van der Waals surface area contributed by atoms with Gasteiger partial charge in [-0.1, -0.05) is 37.1 Å². The number of aromatic nitrogens is 7. The van der Waals surface area contributed by atoms with Crippen molar-refractivity contribution in [3.05, 3.63) is 75.6 Å². The zero-order valence-corrected chi connectivity index (χ0v) is 26.3. The summed E-state index contributed by atoms with van der Waals surface area (Å²) in [5, 5.41) is 14.9. The highest BCUT2D eigenvalue weighted by molar-refractivity contribution is 6.31. The van der Waals surface area contributed by atoms with Crippen LogP contribution in [0.25, 0.3) is 22.5 Å². The lowest BCUT2D eigenvalue weighted by atomic mass is 9.89. The molecule has 1 aromatic carbocycles. The Morgan fingerprint density at radius 3 is 2.64 bits per heavy atom. The maximum absolute atomic E-state index is 15.6. The number of nitrogens with one attached hydrogen (secondary N) is 1. The Morgan fingerprint density at radius 2 is 1.89 bits per heavy atom. The standard InChI is InChI=1S/C32H31ClF3N9O2/c1-16-4-3-5-25(21-10-19(17(2)12-37-21)30-23(40-31(16)47)13-39-45(30)32(35)36)43-15-38-22(11-27(43)46)28-26(9-8-20(33)29(28)34)44-14-24(41-42-44)18-6-7-18/h8-11,13-18,25,32H,3-7,12H2,1-2H3,(H,40,47)/t16-,17?,25+/m1/s1. The topological polar surface area (TPSA) is 125 Å². The lowest BCUT2D eigenvalue weighted by molar-refractivity contribution is -0.119. The second-order valence-electron chi connectivity index (χ2n) is 12.4. The fraction of sp³-hybridized carbons (Fsp3) is 0.406. The molecule has 0 radical (unpaired) electrons. The first-order valence-electron chi connectivity index (χ1n) is 15.5. The summed E-state index contributed by atoms with van der Waals surface area (Å²) in [6.45, 7) is 0.942. The SMILES string of the molecule is CC1CN=C2C=C1c1c(cnn1C(F)F)NC(=O)[C@H](C)CCC[C@@H]2n1cnc(-c2c(-n3cc(C4CC4)nn3)ccc(Cl)c2F)cc1=O. The van der Waals surface area contributed by atoms with Gasteiger partial charge in [0.05, 0.1) is 69.5 Å². The van der Waals surface area contributed by atoms with Crippen LogP contribution in [0.3, 0.4) is 0 Å². The monoisotopic (exact) mass is 665 g/mol. The van der Waals surface area contributed by atoms with E-state index in [9.17, 15) is 18.4 Å². The van der Waals surface area contributed by atoms with Gasteiger partial charge in [-0.2, -0.15) is 13.9 Å². The minimum absolute atomic E-state index is 0.00586. The fourth-order valence-corrected chi connectivity index (χ4v) is 6.39. The van der Waals surface area contributed by atoms with Crippen molar-refractivity contribution in [2.45, 2.75) is 64.5 Å². The molecule has 11 nitrogen and oxygen atoms in total. The van der Waals surface area contributed by atoms with E-state index in [4.69, 9.17) is 16.6 Å². The second-order valence-corrected chi connectivity index (χ2v) is 12.8. The molecule has 1 N–H and O–H groups in total. The van der Waals surface area contributed by atoms with Gasteiger partial charge in [0.1, 0.15) is 0 Å². The summed E-state index contributed by atoms with van der Waals surface area (Å²) in [6, 6.07) is 3.63. The fourth-order valence-electron chi connectivity index (χ4n) is 6.23. The summed E-state index contributed by atoms with van der Waals surface area (Å²) < 4.78 is 47.3. The Bertz CT molecular complexity index is 1990. The number of carbonyl (C=O) groups excluding carboxylic acids is 1. The summed E-state index contributed by atoms with van der Waals surface area (Å²) in [7, 11) is 0. The third kappa shape index (κ3) is 5.79. The van der Waals surface area contributed by atoms with Gasteiger partial charge in [0.2, 0.25) is 5.91 Å². The van der Waals surface area contributed by atoms with Crippen LogP contribution in [0.15, 0.2) is 52.8 Å². The molecular formula is C32H31ClF3N9O2. The van der Waals surface area contributed by atoms with E-state index in [1.165, 1.54) is 33.9 Å². The van der Waals surface area contributed by atoms with Crippen molar-refractivity contribution < 1.29 is 18.0 Å². The van der Waals surface area contributed by atoms with Gasteiger partial charge in [0.15, 0.2) is 5.82 Å². The van der Waals surface area contributed by atoms with Gasteiger partial charge in [-0.15, -0.1) is 5.10 Å². The number of hydrogen-bond acceptors (Lipinski definition) is 7. The first-order chi connectivity index (χ1) is 22.6. The van der Waals surface area contributed by atoms with Crippen LogP contribution < -0.4 is 10.9 Å².